The lowest BCUT2D eigenvalue weighted by Crippen LogP contribution is -2.10. The number of nitrogens with one attached hydrogen (secondary N) is 2. The number of H-pyrrole nitrogens is 1. The van der Waals surface area contributed by atoms with Gasteiger partial charge < -0.3 is 11.1 Å². The zero-order valence-electron chi connectivity index (χ0n) is 9.25. The Morgan fingerprint density at radius 1 is 1.28 bits per heavy atom. The minimum atomic E-state index is -4.38. The maximum absolute atomic E-state index is 12.7. The Hall–Kier alpha value is -2.18. The monoisotopic (exact) mass is 256 g/mol. The highest BCUT2D eigenvalue weighted by molar-refractivity contribution is 5.53. The van der Waals surface area contributed by atoms with Crippen molar-refractivity contribution in [3.8, 4) is 0 Å². The van der Waals surface area contributed by atoms with Gasteiger partial charge in [-0.25, -0.2) is 0 Å². The number of para-hydroxylation sites is 1. The molecular weight excluding hydrogens is 245 g/mol. The fraction of sp³-hybridized carbons (Fsp3) is 0.182. The fourth-order valence-corrected chi connectivity index (χ4v) is 1.54. The molecule has 1 heterocycles. The van der Waals surface area contributed by atoms with Crippen LogP contribution in [0, 0.1) is 0 Å². The number of benzene rings is 1. The van der Waals surface area contributed by atoms with Gasteiger partial charge in [-0.05, 0) is 12.1 Å². The van der Waals surface area contributed by atoms with Crippen molar-refractivity contribution in [1.82, 2.24) is 10.2 Å². The van der Waals surface area contributed by atoms with E-state index in [2.05, 4.69) is 15.5 Å². The average Bonchev–Trinajstić information content (AvgIpc) is 2.71. The van der Waals surface area contributed by atoms with Crippen molar-refractivity contribution >= 4 is 11.5 Å². The Bertz CT molecular complexity index is 533. The molecule has 0 bridgehead atoms. The van der Waals surface area contributed by atoms with Crippen LogP contribution in [-0.2, 0) is 12.7 Å². The molecule has 0 atom stereocenters. The van der Waals surface area contributed by atoms with Crippen molar-refractivity contribution in [3.63, 3.8) is 0 Å². The van der Waals surface area contributed by atoms with Gasteiger partial charge >= 0.3 is 6.18 Å². The summed E-state index contributed by atoms with van der Waals surface area (Å²) in [6.07, 6.45) is -2.91. The predicted octanol–water partition coefficient (Wildman–Crippen LogP) is 2.62. The number of anilines is 2. The molecule has 7 heteroatoms. The Kier molecular flexibility index (Phi) is 3.14. The summed E-state index contributed by atoms with van der Waals surface area (Å²) in [6, 6.07) is 5.29. The minimum Gasteiger partial charge on any atom is -0.384 e. The zero-order valence-corrected chi connectivity index (χ0v) is 9.25. The summed E-state index contributed by atoms with van der Waals surface area (Å²) in [5.41, 5.74) is 5.48. The highest BCUT2D eigenvalue weighted by atomic mass is 19.4. The van der Waals surface area contributed by atoms with Gasteiger partial charge in [0.25, 0.3) is 0 Å². The largest absolute Gasteiger partial charge is 0.418 e. The van der Waals surface area contributed by atoms with Gasteiger partial charge in [0.15, 0.2) is 0 Å². The third kappa shape index (κ3) is 2.55. The third-order valence-electron chi connectivity index (χ3n) is 2.45. The molecule has 0 amide bonds. The van der Waals surface area contributed by atoms with Crippen LogP contribution in [0.15, 0.2) is 30.5 Å². The normalized spacial score (nSPS) is 11.5. The molecule has 0 radical (unpaired) electrons. The van der Waals surface area contributed by atoms with Gasteiger partial charge in [0, 0.05) is 17.8 Å². The van der Waals surface area contributed by atoms with Gasteiger partial charge in [-0.1, -0.05) is 12.1 Å². The number of hydrogen-bond donors (Lipinski definition) is 3. The Morgan fingerprint density at radius 3 is 2.61 bits per heavy atom. The minimum absolute atomic E-state index is 0.0191. The number of halogens is 3. The Labute approximate surface area is 101 Å². The second-order valence-corrected chi connectivity index (χ2v) is 3.71. The number of rotatable bonds is 3. The van der Waals surface area contributed by atoms with Crippen LogP contribution >= 0.6 is 0 Å². The van der Waals surface area contributed by atoms with Crippen LogP contribution in [0.3, 0.4) is 0 Å². The molecule has 0 spiro atoms. The molecule has 18 heavy (non-hydrogen) atoms. The summed E-state index contributed by atoms with van der Waals surface area (Å²) in [5, 5.41) is 8.91. The summed E-state index contributed by atoms with van der Waals surface area (Å²) >= 11 is 0. The molecule has 1 aromatic carbocycles. The highest BCUT2D eigenvalue weighted by Gasteiger charge is 2.33. The standard InChI is InChI=1S/C11H11F3N4/c12-11(13,14)8-3-1-2-4-9(8)16-5-7-6-17-18-10(7)15/h1-4,6,16H,5H2,(H3,15,17,18). The molecule has 4 N–H and O–H groups in total. The smallest absolute Gasteiger partial charge is 0.384 e. The summed E-state index contributed by atoms with van der Waals surface area (Å²) in [4.78, 5) is 0. The number of aromatic nitrogens is 2. The number of aromatic amines is 1. The van der Waals surface area contributed by atoms with Crippen molar-refractivity contribution in [3.05, 3.63) is 41.6 Å². The maximum Gasteiger partial charge on any atom is 0.418 e. The number of nitrogens with zero attached hydrogens (tertiary/aromatic N) is 1. The van der Waals surface area contributed by atoms with Gasteiger partial charge in [-0.15, -0.1) is 0 Å². The molecule has 0 unspecified atom stereocenters. The van der Waals surface area contributed by atoms with E-state index in [1.807, 2.05) is 0 Å². The topological polar surface area (TPSA) is 66.7 Å². The first-order chi connectivity index (χ1) is 8.48. The van der Waals surface area contributed by atoms with Crippen molar-refractivity contribution < 1.29 is 13.2 Å². The first-order valence-electron chi connectivity index (χ1n) is 5.16. The SMILES string of the molecule is Nc1[nH]ncc1CNc1ccccc1C(F)(F)F. The third-order valence-corrected chi connectivity index (χ3v) is 2.45. The fourth-order valence-electron chi connectivity index (χ4n) is 1.54. The lowest BCUT2D eigenvalue weighted by atomic mass is 10.1. The van der Waals surface area contributed by atoms with Crippen LogP contribution in [0.2, 0.25) is 0 Å². The van der Waals surface area contributed by atoms with Gasteiger partial charge in [-0.2, -0.15) is 18.3 Å². The van der Waals surface area contributed by atoms with Gasteiger partial charge in [-0.3, -0.25) is 5.10 Å². The van der Waals surface area contributed by atoms with Crippen molar-refractivity contribution in [2.45, 2.75) is 12.7 Å². The molecule has 96 valence electrons. The first kappa shape index (κ1) is 12.3. The molecule has 4 nitrogen and oxygen atoms in total. The molecule has 0 aliphatic heterocycles. The Balaban J connectivity index is 2.17. The van der Waals surface area contributed by atoms with E-state index in [1.165, 1.54) is 24.4 Å². The molecule has 0 saturated carbocycles. The van der Waals surface area contributed by atoms with E-state index >= 15 is 0 Å². The van der Waals surface area contributed by atoms with Crippen molar-refractivity contribution in [2.75, 3.05) is 11.1 Å². The molecule has 2 aromatic rings. The van der Waals surface area contributed by atoms with Crippen LogP contribution in [0.25, 0.3) is 0 Å². The highest BCUT2D eigenvalue weighted by Crippen LogP contribution is 2.34. The van der Waals surface area contributed by atoms with E-state index in [-0.39, 0.29) is 12.2 Å². The molecule has 1 aromatic heterocycles. The summed E-state index contributed by atoms with van der Waals surface area (Å²) in [7, 11) is 0. The molecular formula is C11H11F3N4. The molecule has 0 aliphatic carbocycles. The van der Waals surface area contributed by atoms with Crippen LogP contribution in [-0.4, -0.2) is 10.2 Å². The van der Waals surface area contributed by atoms with E-state index in [0.717, 1.165) is 6.07 Å². The second kappa shape index (κ2) is 4.59. The van der Waals surface area contributed by atoms with Crippen LogP contribution in [0.5, 0.6) is 0 Å². The van der Waals surface area contributed by atoms with Crippen LogP contribution in [0.1, 0.15) is 11.1 Å². The van der Waals surface area contributed by atoms with Gasteiger partial charge in [0.2, 0.25) is 0 Å². The van der Waals surface area contributed by atoms with E-state index < -0.39 is 11.7 Å². The van der Waals surface area contributed by atoms with Crippen LogP contribution in [0.4, 0.5) is 24.7 Å². The Morgan fingerprint density at radius 2 is 2.00 bits per heavy atom. The van der Waals surface area contributed by atoms with E-state index in [0.29, 0.717) is 11.4 Å². The van der Waals surface area contributed by atoms with Gasteiger partial charge in [0.05, 0.1) is 11.8 Å². The van der Waals surface area contributed by atoms with Crippen molar-refractivity contribution in [2.24, 2.45) is 0 Å². The zero-order chi connectivity index (χ0) is 13.2. The molecule has 0 fully saturated rings. The lowest BCUT2D eigenvalue weighted by molar-refractivity contribution is -0.136. The summed E-state index contributed by atoms with van der Waals surface area (Å²) < 4.78 is 38.1. The maximum atomic E-state index is 12.7. The van der Waals surface area contributed by atoms with E-state index in [1.54, 1.807) is 0 Å². The van der Waals surface area contributed by atoms with E-state index in [4.69, 9.17) is 5.73 Å². The molecule has 2 rings (SSSR count). The second-order valence-electron chi connectivity index (χ2n) is 3.71. The number of hydrogen-bond acceptors (Lipinski definition) is 3. The summed E-state index contributed by atoms with van der Waals surface area (Å²) in [5.74, 6) is 0.340. The number of nitrogen functional groups attached to an aromatic ring is 1. The molecule has 0 aliphatic rings. The molecule has 0 saturated heterocycles. The number of nitrogens with two attached hydrogens (primary N) is 1. The number of alkyl halides is 3. The van der Waals surface area contributed by atoms with Gasteiger partial charge in [0.1, 0.15) is 5.82 Å². The van der Waals surface area contributed by atoms with Crippen LogP contribution < -0.4 is 11.1 Å². The average molecular weight is 256 g/mol. The first-order valence-corrected chi connectivity index (χ1v) is 5.16. The predicted molar refractivity (Wildman–Crippen MR) is 61.8 cm³/mol. The van der Waals surface area contributed by atoms with E-state index in [9.17, 15) is 13.2 Å². The quantitative estimate of drug-likeness (QED) is 0.790. The lowest BCUT2D eigenvalue weighted by Gasteiger charge is -2.13. The van der Waals surface area contributed by atoms with Crippen molar-refractivity contribution in [1.29, 1.82) is 0 Å². The summed E-state index contributed by atoms with van der Waals surface area (Å²) in [6.45, 7) is 0.176.